The average molecular weight is 384 g/mol. The first kappa shape index (κ1) is 14.8. The summed E-state index contributed by atoms with van der Waals surface area (Å²) in [5.74, 6) is -4.71. The summed E-state index contributed by atoms with van der Waals surface area (Å²) in [6, 6.07) is 16.4. The average Bonchev–Trinajstić information content (AvgIpc) is 2.48. The lowest BCUT2D eigenvalue weighted by atomic mass is 10.0. The number of rotatable bonds is 4. The predicted molar refractivity (Wildman–Crippen MR) is 84.2 cm³/mol. The molecular weight excluding hydrogens is 373 g/mol. The highest BCUT2D eigenvalue weighted by Crippen LogP contribution is 2.30. The summed E-state index contributed by atoms with van der Waals surface area (Å²) in [7, 11) is 0. The van der Waals surface area contributed by atoms with Gasteiger partial charge in [0.2, 0.25) is 5.78 Å². The number of ketones is 1. The molecule has 0 atom stereocenters. The van der Waals surface area contributed by atoms with Crippen molar-refractivity contribution in [2.45, 2.75) is 5.92 Å². The molecule has 0 aliphatic carbocycles. The monoisotopic (exact) mass is 384 g/mol. The number of carbonyl (C=O) groups is 1. The van der Waals surface area contributed by atoms with E-state index in [0.29, 0.717) is 15.2 Å². The van der Waals surface area contributed by atoms with E-state index >= 15 is 0 Å². The molecule has 0 saturated heterocycles. The van der Waals surface area contributed by atoms with Crippen molar-refractivity contribution in [2.24, 2.45) is 0 Å². The molecule has 0 N–H and O–H groups in total. The molecule has 0 heterocycles. The minimum atomic E-state index is -3.52. The summed E-state index contributed by atoms with van der Waals surface area (Å²) >= 11 is 1.81. The molecule has 0 fully saturated rings. The lowest BCUT2D eigenvalue weighted by Crippen LogP contribution is -2.26. The van der Waals surface area contributed by atoms with E-state index in [1.54, 1.807) is 48.5 Å². The van der Waals surface area contributed by atoms with Crippen LogP contribution in [-0.4, -0.2) is 11.7 Å². The minimum Gasteiger partial charge on any atom is -0.287 e. The summed E-state index contributed by atoms with van der Waals surface area (Å²) in [4.78, 5) is 11.8. The van der Waals surface area contributed by atoms with Gasteiger partial charge in [0.25, 0.3) is 0 Å². The van der Waals surface area contributed by atoms with Gasteiger partial charge in [0.15, 0.2) is 0 Å². The van der Waals surface area contributed by atoms with Crippen LogP contribution in [0.1, 0.15) is 15.9 Å². The zero-order valence-electron chi connectivity index (χ0n) is 10.4. The summed E-state index contributed by atoms with van der Waals surface area (Å²) in [6.07, 6.45) is 0.707. The first-order chi connectivity index (χ1) is 9.50. The fourth-order valence-corrected chi connectivity index (χ4v) is 2.44. The summed E-state index contributed by atoms with van der Waals surface area (Å²) in [5.41, 5.74) is 0.666. The van der Waals surface area contributed by atoms with E-state index in [1.165, 1.54) is 12.1 Å². The van der Waals surface area contributed by atoms with Gasteiger partial charge in [-0.25, -0.2) is 0 Å². The minimum absolute atomic E-state index is 0.00557. The van der Waals surface area contributed by atoms with Gasteiger partial charge < -0.3 is 0 Å². The van der Waals surface area contributed by atoms with Gasteiger partial charge in [-0.15, -0.1) is 0 Å². The van der Waals surface area contributed by atoms with Crippen LogP contribution in [0.3, 0.4) is 0 Å². The second-order valence-electron chi connectivity index (χ2n) is 4.18. The third-order valence-corrected chi connectivity index (χ3v) is 3.63. The Morgan fingerprint density at radius 3 is 1.85 bits per heavy atom. The SMILES string of the molecule is O=C(c1ccccc1)C(F)(F)C=C(I)c1ccccc1. The van der Waals surface area contributed by atoms with Gasteiger partial charge in [0.05, 0.1) is 0 Å². The van der Waals surface area contributed by atoms with E-state index in [-0.39, 0.29) is 5.56 Å². The van der Waals surface area contributed by atoms with Crippen LogP contribution in [0, 0.1) is 0 Å². The number of halogens is 3. The van der Waals surface area contributed by atoms with Crippen molar-refractivity contribution in [2.75, 3.05) is 0 Å². The van der Waals surface area contributed by atoms with Crippen molar-refractivity contribution < 1.29 is 13.6 Å². The van der Waals surface area contributed by atoms with Crippen LogP contribution < -0.4 is 0 Å². The van der Waals surface area contributed by atoms with Crippen molar-refractivity contribution in [3.05, 3.63) is 77.9 Å². The second kappa shape index (κ2) is 6.26. The molecule has 2 rings (SSSR count). The van der Waals surface area contributed by atoms with Crippen molar-refractivity contribution in [3.63, 3.8) is 0 Å². The van der Waals surface area contributed by atoms with Gasteiger partial charge in [-0.05, 0) is 28.2 Å². The molecular formula is C16H11F2IO. The lowest BCUT2D eigenvalue weighted by molar-refractivity contribution is 0.0385. The molecule has 0 aliphatic rings. The molecule has 0 bridgehead atoms. The Balaban J connectivity index is 2.29. The first-order valence-corrected chi connectivity index (χ1v) is 7.00. The van der Waals surface area contributed by atoms with E-state index in [0.717, 1.165) is 0 Å². The molecule has 2 aromatic carbocycles. The third-order valence-electron chi connectivity index (χ3n) is 2.70. The summed E-state index contributed by atoms with van der Waals surface area (Å²) in [5, 5.41) is 0. The van der Waals surface area contributed by atoms with Crippen molar-refractivity contribution in [1.82, 2.24) is 0 Å². The maximum atomic E-state index is 14.0. The molecule has 102 valence electrons. The molecule has 0 aromatic heterocycles. The maximum Gasteiger partial charge on any atom is 0.329 e. The quantitative estimate of drug-likeness (QED) is 0.537. The van der Waals surface area contributed by atoms with Crippen LogP contribution in [0.2, 0.25) is 0 Å². The van der Waals surface area contributed by atoms with Crippen LogP contribution >= 0.6 is 22.6 Å². The Morgan fingerprint density at radius 1 is 0.900 bits per heavy atom. The molecule has 0 radical (unpaired) electrons. The van der Waals surface area contributed by atoms with Gasteiger partial charge in [-0.1, -0.05) is 60.7 Å². The Bertz CT molecular complexity index is 621. The third kappa shape index (κ3) is 3.50. The molecule has 1 nitrogen and oxygen atoms in total. The Hall–Kier alpha value is -1.56. The lowest BCUT2D eigenvalue weighted by Gasteiger charge is -2.12. The maximum absolute atomic E-state index is 14.0. The zero-order valence-corrected chi connectivity index (χ0v) is 12.6. The van der Waals surface area contributed by atoms with Gasteiger partial charge in [0, 0.05) is 15.2 Å². The van der Waals surface area contributed by atoms with Crippen LogP contribution in [0.5, 0.6) is 0 Å². The Kier molecular flexibility index (Phi) is 4.65. The van der Waals surface area contributed by atoms with Crippen molar-refractivity contribution >= 4 is 32.0 Å². The van der Waals surface area contributed by atoms with Gasteiger partial charge in [-0.3, -0.25) is 4.79 Å². The Morgan fingerprint density at radius 2 is 1.35 bits per heavy atom. The Labute approximate surface area is 129 Å². The van der Waals surface area contributed by atoms with Crippen molar-refractivity contribution in [1.29, 1.82) is 0 Å². The van der Waals surface area contributed by atoms with E-state index < -0.39 is 11.7 Å². The highest BCUT2D eigenvalue weighted by atomic mass is 127. The van der Waals surface area contributed by atoms with E-state index in [1.807, 2.05) is 22.6 Å². The number of hydrogen-bond acceptors (Lipinski definition) is 1. The molecule has 2 aromatic rings. The highest BCUT2D eigenvalue weighted by Gasteiger charge is 2.37. The fraction of sp³-hybridized carbons (Fsp3) is 0.0625. The van der Waals surface area contributed by atoms with Crippen LogP contribution in [0.25, 0.3) is 3.58 Å². The number of Topliss-reactive ketones (excluding diaryl/α,β-unsaturated/α-hetero) is 1. The number of carbonyl (C=O) groups excluding carboxylic acids is 1. The second-order valence-corrected chi connectivity index (χ2v) is 5.34. The molecule has 20 heavy (non-hydrogen) atoms. The van der Waals surface area contributed by atoms with E-state index in [9.17, 15) is 13.6 Å². The van der Waals surface area contributed by atoms with Crippen LogP contribution in [-0.2, 0) is 0 Å². The molecule has 0 spiro atoms. The topological polar surface area (TPSA) is 17.1 Å². The van der Waals surface area contributed by atoms with Gasteiger partial charge >= 0.3 is 5.92 Å². The number of allylic oxidation sites excluding steroid dienone is 1. The standard InChI is InChI=1S/C16H11F2IO/c17-16(18,15(20)13-9-5-2-6-10-13)11-14(19)12-7-3-1-4-8-12/h1-11H. The van der Waals surface area contributed by atoms with E-state index in [4.69, 9.17) is 0 Å². The van der Waals surface area contributed by atoms with Crippen molar-refractivity contribution in [3.8, 4) is 0 Å². The number of benzene rings is 2. The highest BCUT2D eigenvalue weighted by molar-refractivity contribution is 14.1. The largest absolute Gasteiger partial charge is 0.329 e. The molecule has 0 saturated carbocycles. The van der Waals surface area contributed by atoms with Gasteiger partial charge in [0.1, 0.15) is 0 Å². The molecule has 4 heteroatoms. The van der Waals surface area contributed by atoms with Crippen LogP contribution in [0.4, 0.5) is 8.78 Å². The van der Waals surface area contributed by atoms with Gasteiger partial charge in [-0.2, -0.15) is 8.78 Å². The summed E-state index contributed by atoms with van der Waals surface area (Å²) < 4.78 is 28.4. The number of hydrogen-bond donors (Lipinski definition) is 0. The summed E-state index contributed by atoms with van der Waals surface area (Å²) in [6.45, 7) is 0. The normalized spacial score (nSPS) is 12.2. The molecule has 0 aliphatic heterocycles. The predicted octanol–water partition coefficient (Wildman–Crippen LogP) is 4.98. The smallest absolute Gasteiger partial charge is 0.287 e. The molecule has 0 unspecified atom stereocenters. The fourth-order valence-electron chi connectivity index (χ4n) is 1.69. The molecule has 0 amide bonds. The van der Waals surface area contributed by atoms with Crippen LogP contribution in [0.15, 0.2) is 66.7 Å². The first-order valence-electron chi connectivity index (χ1n) is 5.92. The van der Waals surface area contributed by atoms with E-state index in [2.05, 4.69) is 0 Å². The number of alkyl halides is 2. The zero-order chi connectivity index (χ0) is 14.6.